The van der Waals surface area contributed by atoms with E-state index in [0.29, 0.717) is 0 Å². The molecule has 86 valence electrons. The topological polar surface area (TPSA) is 26.8 Å². The predicted molar refractivity (Wildman–Crippen MR) is 78.0 cm³/mol. The van der Waals surface area contributed by atoms with E-state index >= 15 is 0 Å². The number of carbonyl (C=O) groups excluding carboxylic acids is 1. The van der Waals surface area contributed by atoms with E-state index in [1.165, 1.54) is 0 Å². The van der Waals surface area contributed by atoms with Crippen molar-refractivity contribution in [3.63, 3.8) is 0 Å². The molecule has 1 saturated heterocycles. The van der Waals surface area contributed by atoms with Crippen molar-refractivity contribution in [1.29, 1.82) is 0 Å². The van der Waals surface area contributed by atoms with E-state index in [4.69, 9.17) is 0 Å². The summed E-state index contributed by atoms with van der Waals surface area (Å²) in [4.78, 5) is 13.6. The van der Waals surface area contributed by atoms with Crippen LogP contribution in [-0.4, -0.2) is 56.8 Å². The van der Waals surface area contributed by atoms with Gasteiger partial charge in [-0.15, -0.1) is 0 Å². The van der Waals surface area contributed by atoms with Crippen LogP contribution >= 0.6 is 45.7 Å². The van der Waals surface area contributed by atoms with Crippen LogP contribution in [-0.2, 0) is 4.79 Å². The van der Waals surface area contributed by atoms with Crippen molar-refractivity contribution in [3.05, 3.63) is 12.2 Å². The minimum absolute atomic E-state index is 0.0446. The Hall–Kier alpha value is 0.590. The monoisotopic (exact) mass is 435 g/mol. The molecule has 0 N–H and O–H groups in total. The van der Waals surface area contributed by atoms with Crippen molar-refractivity contribution >= 4 is 51.6 Å². The van der Waals surface area contributed by atoms with Gasteiger partial charge in [0.15, 0.2) is 0 Å². The quantitative estimate of drug-likeness (QED) is 0.381. The van der Waals surface area contributed by atoms with E-state index in [0.717, 1.165) is 32.7 Å². The van der Waals surface area contributed by atoms with Gasteiger partial charge in [-0.3, -0.25) is 12.8 Å². The van der Waals surface area contributed by atoms with Gasteiger partial charge < -0.3 is 0 Å². The number of amides is 1. The van der Waals surface area contributed by atoms with Crippen LogP contribution in [0.15, 0.2) is 12.2 Å². The molecule has 0 aromatic carbocycles. The predicted octanol–water partition coefficient (Wildman–Crippen LogP) is 1.32. The van der Waals surface area contributed by atoms with Crippen molar-refractivity contribution in [2.75, 3.05) is 39.8 Å². The Kier molecular flexibility index (Phi) is 6.39. The molecule has 0 radical (unpaired) electrons. The van der Waals surface area contributed by atoms with Crippen LogP contribution in [0.5, 0.6) is 0 Å². The number of nitrogens with zero attached hydrogens (tertiary/aromatic N) is 3. The van der Waals surface area contributed by atoms with Crippen LogP contribution in [0.1, 0.15) is 0 Å². The number of hydrogen-bond donors (Lipinski definition) is 0. The van der Waals surface area contributed by atoms with Crippen LogP contribution in [0.2, 0.25) is 0 Å². The van der Waals surface area contributed by atoms with Gasteiger partial charge in [-0.2, -0.15) is 0 Å². The average Bonchev–Trinajstić information content (AvgIpc) is 2.20. The van der Waals surface area contributed by atoms with E-state index < -0.39 is 0 Å². The lowest BCUT2D eigenvalue weighted by Crippen LogP contribution is -2.42. The van der Waals surface area contributed by atoms with E-state index in [-0.39, 0.29) is 5.91 Å². The molecule has 0 spiro atoms. The molecule has 0 aromatic heterocycles. The van der Waals surface area contributed by atoms with Gasteiger partial charge in [-0.05, 0) is 0 Å². The van der Waals surface area contributed by atoms with Crippen LogP contribution < -0.4 is 0 Å². The van der Waals surface area contributed by atoms with Gasteiger partial charge >= 0.3 is 0 Å². The summed E-state index contributed by atoms with van der Waals surface area (Å²) in [5, 5.41) is 0. The molecule has 15 heavy (non-hydrogen) atoms. The van der Waals surface area contributed by atoms with E-state index in [1.54, 1.807) is 16.2 Å². The highest BCUT2D eigenvalue weighted by molar-refractivity contribution is 14.1. The highest BCUT2D eigenvalue weighted by Gasteiger charge is 2.12. The summed E-state index contributed by atoms with van der Waals surface area (Å²) < 4.78 is 3.85. The third-order valence-electron chi connectivity index (χ3n) is 2.25. The maximum Gasteiger partial charge on any atom is 0.254 e. The summed E-state index contributed by atoms with van der Waals surface area (Å²) in [6.45, 7) is 5.26. The Morgan fingerprint density at radius 3 is 2.53 bits per heavy atom. The van der Waals surface area contributed by atoms with Crippen LogP contribution in [0.3, 0.4) is 0 Å². The Bertz CT molecular complexity index is 238. The zero-order valence-corrected chi connectivity index (χ0v) is 13.0. The number of rotatable bonds is 3. The minimum atomic E-state index is 0.0446. The first-order valence-corrected chi connectivity index (χ1v) is 6.75. The number of halogens is 2. The maximum absolute atomic E-state index is 11.2. The number of likely N-dealkylation sites (N-methyl/N-ethyl adjacent to an activating group) is 1. The Morgan fingerprint density at radius 2 is 2.00 bits per heavy atom. The third kappa shape index (κ3) is 5.45. The molecule has 0 aliphatic carbocycles. The Labute approximate surface area is 119 Å². The molecule has 0 bridgehead atoms. The molecule has 1 heterocycles. The zero-order valence-electron chi connectivity index (χ0n) is 8.70. The molecule has 0 saturated carbocycles. The van der Waals surface area contributed by atoms with Crippen LogP contribution in [0.25, 0.3) is 0 Å². The first-order chi connectivity index (χ1) is 7.09. The van der Waals surface area contributed by atoms with Gasteiger partial charge in [-0.1, -0.05) is 6.08 Å². The van der Waals surface area contributed by atoms with Gasteiger partial charge in [-0.25, -0.2) is 3.11 Å². The van der Waals surface area contributed by atoms with Crippen molar-refractivity contribution < 1.29 is 4.79 Å². The molecular formula is C9H15I2N3O. The Morgan fingerprint density at radius 1 is 1.40 bits per heavy atom. The number of piperazine rings is 1. The fraction of sp³-hybridized carbons (Fsp3) is 0.667. The van der Waals surface area contributed by atoms with Crippen LogP contribution in [0, 0.1) is 0 Å². The molecular weight excluding hydrogens is 420 g/mol. The first-order valence-electron chi connectivity index (χ1n) is 4.82. The summed E-state index contributed by atoms with van der Waals surface area (Å²) in [5.74, 6) is 0.0446. The highest BCUT2D eigenvalue weighted by Crippen LogP contribution is 2.06. The molecule has 1 rings (SSSR count). The van der Waals surface area contributed by atoms with Gasteiger partial charge in [0, 0.05) is 68.7 Å². The van der Waals surface area contributed by atoms with Gasteiger partial charge in [0.25, 0.3) is 5.91 Å². The van der Waals surface area contributed by atoms with Crippen molar-refractivity contribution in [1.82, 2.24) is 11.1 Å². The van der Waals surface area contributed by atoms with Gasteiger partial charge in [0.2, 0.25) is 0 Å². The lowest BCUT2D eigenvalue weighted by atomic mass is 10.3. The lowest BCUT2D eigenvalue weighted by molar-refractivity contribution is -0.119. The largest absolute Gasteiger partial charge is 0.297 e. The molecule has 4 nitrogen and oxygen atoms in total. The van der Waals surface area contributed by atoms with Crippen molar-refractivity contribution in [3.8, 4) is 0 Å². The molecule has 1 aliphatic heterocycles. The van der Waals surface area contributed by atoms with Crippen LogP contribution in [0.4, 0.5) is 0 Å². The number of carbonyl (C=O) groups is 1. The summed E-state index contributed by atoms with van der Waals surface area (Å²) in [7, 11) is 1.75. The first kappa shape index (κ1) is 13.7. The third-order valence-corrected chi connectivity index (χ3v) is 3.69. The standard InChI is InChI=1S/C9H15I2N3O/c1-12(10)9(15)3-2-4-13-5-7-14(11)8-6-13/h2-3H,4-8H2,1H3/b3-2+. The summed E-state index contributed by atoms with van der Waals surface area (Å²) >= 11 is 4.33. The highest BCUT2D eigenvalue weighted by atomic mass is 127. The molecule has 0 unspecified atom stereocenters. The van der Waals surface area contributed by atoms with Gasteiger partial charge in [0.1, 0.15) is 0 Å². The second kappa shape index (κ2) is 7.02. The van der Waals surface area contributed by atoms with Crippen molar-refractivity contribution in [2.45, 2.75) is 0 Å². The average molecular weight is 435 g/mol. The number of hydrogen-bond acceptors (Lipinski definition) is 3. The molecule has 1 aliphatic rings. The minimum Gasteiger partial charge on any atom is -0.297 e. The maximum atomic E-state index is 11.2. The fourth-order valence-corrected chi connectivity index (χ4v) is 1.90. The second-order valence-electron chi connectivity index (χ2n) is 3.43. The normalized spacial score (nSPS) is 19.7. The molecule has 0 aromatic rings. The zero-order chi connectivity index (χ0) is 11.3. The van der Waals surface area contributed by atoms with Crippen molar-refractivity contribution in [2.24, 2.45) is 0 Å². The smallest absolute Gasteiger partial charge is 0.254 e. The molecule has 0 atom stereocenters. The summed E-state index contributed by atoms with van der Waals surface area (Å²) in [5.41, 5.74) is 0. The molecule has 1 amide bonds. The molecule has 6 heteroatoms. The SMILES string of the molecule is CN(I)C(=O)/C=C/CN1CCN(I)CC1. The second-order valence-corrected chi connectivity index (χ2v) is 6.24. The van der Waals surface area contributed by atoms with E-state index in [2.05, 4.69) is 30.9 Å². The summed E-state index contributed by atoms with van der Waals surface area (Å²) in [6.07, 6.45) is 3.59. The van der Waals surface area contributed by atoms with E-state index in [1.807, 2.05) is 28.9 Å². The molecule has 1 fully saturated rings. The Balaban J connectivity index is 2.22. The fourth-order valence-electron chi connectivity index (χ4n) is 1.31. The van der Waals surface area contributed by atoms with E-state index in [9.17, 15) is 4.79 Å². The van der Waals surface area contributed by atoms with Gasteiger partial charge in [0.05, 0.1) is 22.9 Å². The summed E-state index contributed by atoms with van der Waals surface area (Å²) in [6, 6.07) is 0. The lowest BCUT2D eigenvalue weighted by Gasteiger charge is -2.30.